The molecule has 0 radical (unpaired) electrons. The summed E-state index contributed by atoms with van der Waals surface area (Å²) in [6.07, 6.45) is 1.15. The summed E-state index contributed by atoms with van der Waals surface area (Å²) in [7, 11) is 1.56. The van der Waals surface area contributed by atoms with E-state index < -0.39 is 6.10 Å². The van der Waals surface area contributed by atoms with Gasteiger partial charge in [0.1, 0.15) is 5.75 Å². The number of carbonyl (C=O) groups excluding carboxylic acids is 1. The van der Waals surface area contributed by atoms with Gasteiger partial charge >= 0.3 is 0 Å². The van der Waals surface area contributed by atoms with Crippen LogP contribution in [0.4, 0.5) is 0 Å². The highest BCUT2D eigenvalue weighted by Gasteiger charge is 2.31. The molecular weight excluding hydrogens is 302 g/mol. The third-order valence-corrected chi connectivity index (χ3v) is 4.69. The minimum atomic E-state index is -0.502. The van der Waals surface area contributed by atoms with Gasteiger partial charge in [-0.15, -0.1) is 0 Å². The molecule has 1 saturated heterocycles. The molecule has 2 atom stereocenters. The van der Waals surface area contributed by atoms with Gasteiger partial charge in [0, 0.05) is 13.1 Å². The van der Waals surface area contributed by atoms with E-state index >= 15 is 0 Å². The second-order valence-corrected chi connectivity index (χ2v) is 6.26. The number of aliphatic hydroxyl groups is 1. The number of rotatable bonds is 4. The number of hydrogen-bond acceptors (Lipinski definition) is 3. The molecule has 2 aromatic rings. The van der Waals surface area contributed by atoms with Gasteiger partial charge in [-0.3, -0.25) is 4.79 Å². The minimum Gasteiger partial charge on any atom is -0.496 e. The van der Waals surface area contributed by atoms with Crippen LogP contribution in [-0.4, -0.2) is 42.2 Å². The number of carbonyl (C=O) groups is 1. The topological polar surface area (TPSA) is 49.8 Å². The van der Waals surface area contributed by atoms with Crippen LogP contribution in [0.15, 0.2) is 54.6 Å². The number of β-amino-alcohol motifs (C(OH)–C–C–N with tert-alkyl or cyclic N) is 1. The quantitative estimate of drug-likeness (QED) is 0.940. The number of methoxy groups -OCH3 is 1. The Morgan fingerprint density at radius 3 is 2.58 bits per heavy atom. The van der Waals surface area contributed by atoms with Crippen molar-refractivity contribution < 1.29 is 14.6 Å². The highest BCUT2D eigenvalue weighted by molar-refractivity contribution is 5.97. The van der Waals surface area contributed by atoms with Crippen molar-refractivity contribution in [2.75, 3.05) is 20.2 Å². The number of benzene rings is 2. The van der Waals surface area contributed by atoms with E-state index in [4.69, 9.17) is 4.74 Å². The fourth-order valence-corrected chi connectivity index (χ4v) is 3.31. The van der Waals surface area contributed by atoms with Crippen LogP contribution in [0.2, 0.25) is 0 Å². The fraction of sp³-hybridized carbons (Fsp3) is 0.350. The smallest absolute Gasteiger partial charge is 0.257 e. The normalized spacial score (nSPS) is 20.7. The molecule has 1 aliphatic rings. The number of piperidine rings is 1. The van der Waals surface area contributed by atoms with Crippen molar-refractivity contribution in [2.45, 2.75) is 18.9 Å². The SMILES string of the molecule is COc1ccccc1C(=O)N1CC[C@H](Cc2ccccc2)[C@@H](O)C1. The van der Waals surface area contributed by atoms with E-state index in [1.165, 1.54) is 5.56 Å². The molecule has 4 nitrogen and oxygen atoms in total. The number of nitrogens with zero attached hydrogens (tertiary/aromatic N) is 1. The highest BCUT2D eigenvalue weighted by Crippen LogP contribution is 2.25. The molecule has 1 N–H and O–H groups in total. The molecule has 3 rings (SSSR count). The Morgan fingerprint density at radius 2 is 1.88 bits per heavy atom. The molecule has 0 spiro atoms. The summed E-state index contributed by atoms with van der Waals surface area (Å²) in [4.78, 5) is 14.5. The Kier molecular flexibility index (Phi) is 5.16. The van der Waals surface area contributed by atoms with E-state index in [-0.39, 0.29) is 11.8 Å². The molecule has 126 valence electrons. The second kappa shape index (κ2) is 7.49. The number of hydrogen-bond donors (Lipinski definition) is 1. The molecule has 24 heavy (non-hydrogen) atoms. The first-order chi connectivity index (χ1) is 11.7. The van der Waals surface area contributed by atoms with Gasteiger partial charge < -0.3 is 14.7 Å². The van der Waals surface area contributed by atoms with E-state index in [1.807, 2.05) is 30.3 Å². The number of amides is 1. The average molecular weight is 325 g/mol. The minimum absolute atomic E-state index is 0.0790. The second-order valence-electron chi connectivity index (χ2n) is 6.26. The molecule has 1 aliphatic heterocycles. The van der Waals surface area contributed by atoms with Crippen LogP contribution in [0.5, 0.6) is 5.75 Å². The van der Waals surface area contributed by atoms with Crippen LogP contribution >= 0.6 is 0 Å². The van der Waals surface area contributed by atoms with Gasteiger partial charge in [0.15, 0.2) is 0 Å². The number of aliphatic hydroxyl groups excluding tert-OH is 1. The van der Waals surface area contributed by atoms with Gasteiger partial charge in [0.25, 0.3) is 5.91 Å². The van der Waals surface area contributed by atoms with Crippen molar-refractivity contribution in [3.63, 3.8) is 0 Å². The van der Waals surface area contributed by atoms with E-state index in [1.54, 1.807) is 24.1 Å². The van der Waals surface area contributed by atoms with Crippen molar-refractivity contribution in [2.24, 2.45) is 5.92 Å². The molecule has 0 bridgehead atoms. The molecule has 1 fully saturated rings. The van der Waals surface area contributed by atoms with E-state index in [0.717, 1.165) is 12.8 Å². The lowest BCUT2D eigenvalue weighted by Gasteiger charge is -2.36. The van der Waals surface area contributed by atoms with Crippen molar-refractivity contribution >= 4 is 5.91 Å². The molecule has 0 aliphatic carbocycles. The van der Waals surface area contributed by atoms with Crippen LogP contribution in [0.1, 0.15) is 22.3 Å². The van der Waals surface area contributed by atoms with E-state index in [0.29, 0.717) is 24.4 Å². The summed E-state index contributed by atoms with van der Waals surface area (Å²) >= 11 is 0. The molecule has 2 aromatic carbocycles. The van der Waals surface area contributed by atoms with Crippen molar-refractivity contribution in [1.82, 2.24) is 4.90 Å². The summed E-state index contributed by atoms with van der Waals surface area (Å²) in [5.41, 5.74) is 1.78. The van der Waals surface area contributed by atoms with Crippen LogP contribution < -0.4 is 4.74 Å². The predicted octanol–water partition coefficient (Wildman–Crippen LogP) is 2.76. The van der Waals surface area contributed by atoms with Crippen molar-refractivity contribution in [3.8, 4) is 5.75 Å². The Balaban J connectivity index is 1.65. The molecule has 1 heterocycles. The zero-order valence-electron chi connectivity index (χ0n) is 13.9. The van der Waals surface area contributed by atoms with Gasteiger partial charge in [-0.2, -0.15) is 0 Å². The summed E-state index contributed by atoms with van der Waals surface area (Å²) in [6.45, 7) is 1.03. The monoisotopic (exact) mass is 325 g/mol. The Bertz CT molecular complexity index is 686. The average Bonchev–Trinajstić information content (AvgIpc) is 2.63. The zero-order valence-corrected chi connectivity index (χ0v) is 13.9. The summed E-state index contributed by atoms with van der Waals surface area (Å²) in [5, 5.41) is 10.5. The maximum Gasteiger partial charge on any atom is 0.257 e. The largest absolute Gasteiger partial charge is 0.496 e. The predicted molar refractivity (Wildman–Crippen MR) is 93.2 cm³/mol. The Hall–Kier alpha value is -2.33. The number of likely N-dealkylation sites (tertiary alicyclic amines) is 1. The third kappa shape index (κ3) is 3.60. The number of para-hydroxylation sites is 1. The first-order valence-corrected chi connectivity index (χ1v) is 8.33. The Labute approximate surface area is 142 Å². The first kappa shape index (κ1) is 16.5. The third-order valence-electron chi connectivity index (χ3n) is 4.69. The van der Waals surface area contributed by atoms with Gasteiger partial charge in [-0.05, 0) is 36.5 Å². The lowest BCUT2D eigenvalue weighted by molar-refractivity contribution is 0.0196. The summed E-state index contributed by atoms with van der Waals surface area (Å²) in [6, 6.07) is 17.4. The van der Waals surface area contributed by atoms with E-state index in [9.17, 15) is 9.90 Å². The van der Waals surface area contributed by atoms with Crippen LogP contribution in [-0.2, 0) is 6.42 Å². The molecule has 4 heteroatoms. The maximum absolute atomic E-state index is 12.7. The first-order valence-electron chi connectivity index (χ1n) is 8.33. The lowest BCUT2D eigenvalue weighted by Crippen LogP contribution is -2.47. The summed E-state index contributed by atoms with van der Waals surface area (Å²) < 4.78 is 5.27. The molecule has 0 aromatic heterocycles. The highest BCUT2D eigenvalue weighted by atomic mass is 16.5. The van der Waals surface area contributed by atoms with E-state index in [2.05, 4.69) is 12.1 Å². The lowest BCUT2D eigenvalue weighted by atomic mass is 9.87. The Morgan fingerprint density at radius 1 is 1.17 bits per heavy atom. The molecule has 0 unspecified atom stereocenters. The van der Waals surface area contributed by atoms with Gasteiger partial charge in [-0.1, -0.05) is 42.5 Å². The number of ether oxygens (including phenoxy) is 1. The van der Waals surface area contributed by atoms with Gasteiger partial charge in [0.05, 0.1) is 18.8 Å². The molecule has 0 saturated carbocycles. The fourth-order valence-electron chi connectivity index (χ4n) is 3.31. The van der Waals surface area contributed by atoms with Crippen LogP contribution in [0.25, 0.3) is 0 Å². The van der Waals surface area contributed by atoms with Crippen LogP contribution in [0, 0.1) is 5.92 Å². The zero-order chi connectivity index (χ0) is 16.9. The maximum atomic E-state index is 12.7. The van der Waals surface area contributed by atoms with Crippen LogP contribution in [0.3, 0.4) is 0 Å². The molecule has 1 amide bonds. The standard InChI is InChI=1S/C20H23NO3/c1-24-19-10-6-5-9-17(19)20(23)21-12-11-16(18(22)14-21)13-15-7-3-2-4-8-15/h2-10,16,18,22H,11-14H2,1H3/t16-,18+/m1/s1. The van der Waals surface area contributed by atoms with Crippen molar-refractivity contribution in [1.29, 1.82) is 0 Å². The van der Waals surface area contributed by atoms with Gasteiger partial charge in [-0.25, -0.2) is 0 Å². The van der Waals surface area contributed by atoms with Gasteiger partial charge in [0.2, 0.25) is 0 Å². The summed E-state index contributed by atoms with van der Waals surface area (Å²) in [5.74, 6) is 0.683. The molecular formula is C20H23NO3. The van der Waals surface area contributed by atoms with Crippen molar-refractivity contribution in [3.05, 3.63) is 65.7 Å².